The fourth-order valence-corrected chi connectivity index (χ4v) is 1.89. The highest BCUT2D eigenvalue weighted by atomic mass is 79.9. The standard InChI is InChI=1S/C16H18NO2.BrH/c1-14(18)19-13-5-10-17-11-8-16(9-12-17)15-6-3-2-4-7-15;/h2-4,6-9,11-12H,5,10,13H2,1H3;1H/q+1;/p-1. The van der Waals surface area contributed by atoms with E-state index < -0.39 is 0 Å². The molecule has 1 aromatic heterocycles. The minimum absolute atomic E-state index is 0. The predicted octanol–water partition coefficient (Wildman–Crippen LogP) is -0.402. The first-order valence-electron chi connectivity index (χ1n) is 6.43. The molecule has 1 aromatic carbocycles. The smallest absolute Gasteiger partial charge is 0.302 e. The van der Waals surface area contributed by atoms with Crippen LogP contribution in [-0.2, 0) is 16.1 Å². The van der Waals surface area contributed by atoms with Gasteiger partial charge in [-0.15, -0.1) is 0 Å². The Morgan fingerprint density at radius 2 is 1.65 bits per heavy atom. The third kappa shape index (κ3) is 5.13. The van der Waals surface area contributed by atoms with Gasteiger partial charge in [0.1, 0.15) is 0 Å². The van der Waals surface area contributed by atoms with Gasteiger partial charge < -0.3 is 21.7 Å². The number of nitrogens with zero attached hydrogens (tertiary/aromatic N) is 1. The van der Waals surface area contributed by atoms with Crippen LogP contribution in [0.1, 0.15) is 13.3 Å². The summed E-state index contributed by atoms with van der Waals surface area (Å²) in [5.41, 5.74) is 2.42. The molecule has 0 fully saturated rings. The summed E-state index contributed by atoms with van der Waals surface area (Å²) in [6, 6.07) is 14.5. The summed E-state index contributed by atoms with van der Waals surface area (Å²) in [6.45, 7) is 2.76. The third-order valence-electron chi connectivity index (χ3n) is 2.86. The molecule has 0 atom stereocenters. The van der Waals surface area contributed by atoms with Gasteiger partial charge in [0.05, 0.1) is 6.61 Å². The summed E-state index contributed by atoms with van der Waals surface area (Å²) in [7, 11) is 0. The molecular weight excluding hydrogens is 318 g/mol. The second-order valence-corrected chi connectivity index (χ2v) is 4.38. The number of carbonyl (C=O) groups excluding carboxylic acids is 1. The Morgan fingerprint density at radius 1 is 1.05 bits per heavy atom. The summed E-state index contributed by atoms with van der Waals surface area (Å²) in [5.74, 6) is -0.218. The molecule has 0 aliphatic heterocycles. The lowest BCUT2D eigenvalue weighted by Crippen LogP contribution is -3.00. The highest BCUT2D eigenvalue weighted by Gasteiger charge is 2.03. The van der Waals surface area contributed by atoms with E-state index >= 15 is 0 Å². The van der Waals surface area contributed by atoms with Crippen LogP contribution >= 0.6 is 0 Å². The fraction of sp³-hybridized carbons (Fsp3) is 0.250. The molecule has 20 heavy (non-hydrogen) atoms. The van der Waals surface area contributed by atoms with Gasteiger partial charge in [0.15, 0.2) is 18.9 Å². The predicted molar refractivity (Wildman–Crippen MR) is 73.3 cm³/mol. The monoisotopic (exact) mass is 335 g/mol. The summed E-state index contributed by atoms with van der Waals surface area (Å²) in [5, 5.41) is 0. The Labute approximate surface area is 130 Å². The average Bonchev–Trinajstić information content (AvgIpc) is 2.45. The van der Waals surface area contributed by atoms with Gasteiger partial charge in [-0.25, -0.2) is 4.57 Å². The number of aromatic nitrogens is 1. The molecule has 0 unspecified atom stereocenters. The summed E-state index contributed by atoms with van der Waals surface area (Å²) in [6.07, 6.45) is 4.93. The van der Waals surface area contributed by atoms with Gasteiger partial charge in [0.25, 0.3) is 0 Å². The first-order valence-corrected chi connectivity index (χ1v) is 6.43. The highest BCUT2D eigenvalue weighted by molar-refractivity contribution is 5.65. The van der Waals surface area contributed by atoms with E-state index in [4.69, 9.17) is 4.74 Å². The maximum atomic E-state index is 10.6. The van der Waals surface area contributed by atoms with E-state index in [1.165, 1.54) is 18.1 Å². The molecule has 0 amide bonds. The SMILES string of the molecule is CC(=O)OCCC[n+]1ccc(-c2ccccc2)cc1.[Br-]. The topological polar surface area (TPSA) is 30.2 Å². The maximum absolute atomic E-state index is 10.6. The zero-order valence-electron chi connectivity index (χ0n) is 11.5. The number of rotatable bonds is 5. The van der Waals surface area contributed by atoms with Crippen LogP contribution in [-0.4, -0.2) is 12.6 Å². The first kappa shape index (κ1) is 16.4. The number of benzene rings is 1. The molecule has 4 heteroatoms. The van der Waals surface area contributed by atoms with Crippen molar-refractivity contribution in [2.24, 2.45) is 0 Å². The number of aryl methyl sites for hydroxylation is 1. The van der Waals surface area contributed by atoms with Crippen molar-refractivity contribution < 1.29 is 31.1 Å². The number of esters is 1. The highest BCUT2D eigenvalue weighted by Crippen LogP contribution is 2.16. The van der Waals surface area contributed by atoms with Crippen molar-refractivity contribution in [3.8, 4) is 11.1 Å². The van der Waals surface area contributed by atoms with E-state index in [0.29, 0.717) is 6.61 Å². The van der Waals surface area contributed by atoms with Crippen LogP contribution in [0, 0.1) is 0 Å². The number of halogens is 1. The van der Waals surface area contributed by atoms with Gasteiger partial charge in [-0.2, -0.15) is 0 Å². The maximum Gasteiger partial charge on any atom is 0.302 e. The Morgan fingerprint density at radius 3 is 2.25 bits per heavy atom. The molecule has 0 aliphatic carbocycles. The van der Waals surface area contributed by atoms with E-state index in [1.54, 1.807) is 0 Å². The van der Waals surface area contributed by atoms with Crippen molar-refractivity contribution in [1.29, 1.82) is 0 Å². The lowest BCUT2D eigenvalue weighted by Gasteiger charge is -2.01. The molecule has 0 saturated carbocycles. The number of ether oxygens (including phenoxy) is 1. The van der Waals surface area contributed by atoms with Crippen molar-refractivity contribution in [3.05, 3.63) is 54.9 Å². The molecule has 0 aliphatic rings. The molecule has 0 spiro atoms. The summed E-state index contributed by atoms with van der Waals surface area (Å²) >= 11 is 0. The number of pyridine rings is 1. The normalized spacial score (nSPS) is 9.65. The lowest BCUT2D eigenvalue weighted by atomic mass is 10.1. The Hall–Kier alpha value is -1.68. The Kier molecular flexibility index (Phi) is 6.94. The fourth-order valence-electron chi connectivity index (χ4n) is 1.89. The third-order valence-corrected chi connectivity index (χ3v) is 2.86. The number of hydrogen-bond acceptors (Lipinski definition) is 2. The van der Waals surface area contributed by atoms with Crippen molar-refractivity contribution in [3.63, 3.8) is 0 Å². The van der Waals surface area contributed by atoms with Gasteiger partial charge in [-0.1, -0.05) is 30.3 Å². The van der Waals surface area contributed by atoms with Crippen molar-refractivity contribution in [2.45, 2.75) is 19.9 Å². The second-order valence-electron chi connectivity index (χ2n) is 4.38. The number of hydrogen-bond donors (Lipinski definition) is 0. The summed E-state index contributed by atoms with van der Waals surface area (Å²) < 4.78 is 7.00. The van der Waals surface area contributed by atoms with E-state index in [9.17, 15) is 4.79 Å². The van der Waals surface area contributed by atoms with Gasteiger partial charge >= 0.3 is 5.97 Å². The Bertz CT molecular complexity index is 526. The molecule has 0 bridgehead atoms. The quantitative estimate of drug-likeness (QED) is 0.423. The minimum atomic E-state index is -0.218. The molecular formula is C16H18BrNO2. The van der Waals surface area contributed by atoms with Gasteiger partial charge in [-0.3, -0.25) is 4.79 Å². The average molecular weight is 336 g/mol. The van der Waals surface area contributed by atoms with Crippen LogP contribution in [0.2, 0.25) is 0 Å². The number of carbonyl (C=O) groups is 1. The van der Waals surface area contributed by atoms with Gasteiger partial charge in [-0.05, 0) is 11.1 Å². The van der Waals surface area contributed by atoms with E-state index in [0.717, 1.165) is 13.0 Å². The summed E-state index contributed by atoms with van der Waals surface area (Å²) in [4.78, 5) is 10.6. The van der Waals surface area contributed by atoms with Crippen LogP contribution in [0.3, 0.4) is 0 Å². The lowest BCUT2D eigenvalue weighted by molar-refractivity contribution is -0.697. The van der Waals surface area contributed by atoms with Crippen LogP contribution in [0.5, 0.6) is 0 Å². The molecule has 1 heterocycles. The molecule has 0 N–H and O–H groups in total. The van der Waals surface area contributed by atoms with Crippen molar-refractivity contribution in [2.75, 3.05) is 6.61 Å². The largest absolute Gasteiger partial charge is 1.00 e. The van der Waals surface area contributed by atoms with E-state index in [1.807, 2.05) is 18.2 Å². The van der Waals surface area contributed by atoms with Crippen LogP contribution < -0.4 is 21.5 Å². The van der Waals surface area contributed by atoms with Gasteiger partial charge in [0.2, 0.25) is 0 Å². The van der Waals surface area contributed by atoms with Crippen LogP contribution in [0.4, 0.5) is 0 Å². The first-order chi connectivity index (χ1) is 9.25. The molecule has 2 rings (SSSR count). The molecule has 3 nitrogen and oxygen atoms in total. The molecule has 0 radical (unpaired) electrons. The second kappa shape index (κ2) is 8.48. The molecule has 2 aromatic rings. The van der Waals surface area contributed by atoms with Crippen molar-refractivity contribution >= 4 is 5.97 Å². The zero-order chi connectivity index (χ0) is 13.5. The van der Waals surface area contributed by atoms with Crippen molar-refractivity contribution in [1.82, 2.24) is 0 Å². The molecule has 0 saturated heterocycles. The molecule has 106 valence electrons. The van der Waals surface area contributed by atoms with Gasteiger partial charge in [0, 0.05) is 25.5 Å². The Balaban J connectivity index is 0.00000200. The van der Waals surface area contributed by atoms with E-state index in [-0.39, 0.29) is 23.0 Å². The van der Waals surface area contributed by atoms with Crippen LogP contribution in [0.15, 0.2) is 54.9 Å². The zero-order valence-corrected chi connectivity index (χ0v) is 13.0. The van der Waals surface area contributed by atoms with Crippen LogP contribution in [0.25, 0.3) is 11.1 Å². The van der Waals surface area contributed by atoms with E-state index in [2.05, 4.69) is 41.2 Å². The minimum Gasteiger partial charge on any atom is -1.00 e.